The maximum atomic E-state index is 11.5. The summed E-state index contributed by atoms with van der Waals surface area (Å²) < 4.78 is 5.53. The van der Waals surface area contributed by atoms with Crippen molar-refractivity contribution in [3.8, 4) is 22.7 Å². The quantitative estimate of drug-likeness (QED) is 0.670. The van der Waals surface area contributed by atoms with Gasteiger partial charge < -0.3 is 4.42 Å². The fourth-order valence-electron chi connectivity index (χ4n) is 2.31. The predicted octanol–water partition coefficient (Wildman–Crippen LogP) is 4.41. The molecule has 114 valence electrons. The molecule has 2 aromatic carbocycles. The van der Waals surface area contributed by atoms with Gasteiger partial charge in [0.1, 0.15) is 12.0 Å². The molecule has 1 aromatic heterocycles. The molecule has 0 fully saturated rings. The highest BCUT2D eigenvalue weighted by molar-refractivity contribution is 5.95. The summed E-state index contributed by atoms with van der Waals surface area (Å²) in [6.07, 6.45) is 1.55. The third-order valence-corrected chi connectivity index (χ3v) is 3.59. The number of ketones is 2. The Kier molecular flexibility index (Phi) is 3.89. The summed E-state index contributed by atoms with van der Waals surface area (Å²) in [4.78, 5) is 27.4. The fraction of sp³-hybridized carbons (Fsp3) is 0.105. The number of carbonyl (C=O) groups excluding carboxylic acids is 2. The Hall–Kier alpha value is -3.01. The van der Waals surface area contributed by atoms with Crippen molar-refractivity contribution in [3.63, 3.8) is 0 Å². The predicted molar refractivity (Wildman–Crippen MR) is 87.4 cm³/mol. The van der Waals surface area contributed by atoms with Crippen molar-refractivity contribution < 1.29 is 14.0 Å². The van der Waals surface area contributed by atoms with Crippen molar-refractivity contribution >= 4 is 11.6 Å². The van der Waals surface area contributed by atoms with Crippen molar-refractivity contribution in [1.82, 2.24) is 4.98 Å². The summed E-state index contributed by atoms with van der Waals surface area (Å²) >= 11 is 0. The van der Waals surface area contributed by atoms with Crippen LogP contribution in [0, 0.1) is 0 Å². The van der Waals surface area contributed by atoms with E-state index in [1.807, 2.05) is 18.2 Å². The van der Waals surface area contributed by atoms with Gasteiger partial charge >= 0.3 is 0 Å². The third kappa shape index (κ3) is 3.11. The van der Waals surface area contributed by atoms with Gasteiger partial charge in [-0.2, -0.15) is 0 Å². The number of nitrogens with zero attached hydrogens (tertiary/aromatic N) is 1. The molecule has 0 saturated carbocycles. The van der Waals surface area contributed by atoms with E-state index in [0.717, 1.165) is 11.1 Å². The van der Waals surface area contributed by atoms with E-state index in [1.165, 1.54) is 13.8 Å². The standard InChI is InChI=1S/C19H15NO3/c1-12(21)14-5-3-7-16(9-14)18-11-23-19(20-18)17-8-4-6-15(10-17)13(2)22/h3-11H,1-2H3. The smallest absolute Gasteiger partial charge is 0.226 e. The van der Waals surface area contributed by atoms with Crippen molar-refractivity contribution in [2.75, 3.05) is 0 Å². The highest BCUT2D eigenvalue weighted by atomic mass is 16.3. The minimum atomic E-state index is -0.00668. The Morgan fingerprint density at radius 3 is 2.04 bits per heavy atom. The van der Waals surface area contributed by atoms with E-state index in [-0.39, 0.29) is 11.6 Å². The molecule has 0 spiro atoms. The Balaban J connectivity index is 1.97. The lowest BCUT2D eigenvalue weighted by atomic mass is 10.1. The van der Waals surface area contributed by atoms with E-state index >= 15 is 0 Å². The molecule has 0 atom stereocenters. The maximum absolute atomic E-state index is 11.5. The second-order valence-electron chi connectivity index (χ2n) is 5.31. The normalized spacial score (nSPS) is 10.5. The van der Waals surface area contributed by atoms with Crippen LogP contribution in [0.5, 0.6) is 0 Å². The van der Waals surface area contributed by atoms with E-state index in [0.29, 0.717) is 22.7 Å². The molecule has 0 aliphatic rings. The van der Waals surface area contributed by atoms with Crippen molar-refractivity contribution in [3.05, 3.63) is 65.9 Å². The molecule has 0 amide bonds. The topological polar surface area (TPSA) is 60.2 Å². The van der Waals surface area contributed by atoms with Gasteiger partial charge in [-0.15, -0.1) is 0 Å². The minimum Gasteiger partial charge on any atom is -0.444 e. The molecular formula is C19H15NO3. The average Bonchev–Trinajstić information content (AvgIpc) is 3.05. The molecule has 0 aliphatic heterocycles. The summed E-state index contributed by atoms with van der Waals surface area (Å²) in [6.45, 7) is 3.05. The van der Waals surface area contributed by atoms with Crippen LogP contribution in [0.25, 0.3) is 22.7 Å². The van der Waals surface area contributed by atoms with Gasteiger partial charge in [0.2, 0.25) is 5.89 Å². The average molecular weight is 305 g/mol. The summed E-state index contributed by atoms with van der Waals surface area (Å²) in [5, 5.41) is 0. The number of carbonyl (C=O) groups is 2. The second-order valence-corrected chi connectivity index (χ2v) is 5.31. The Morgan fingerprint density at radius 2 is 1.43 bits per heavy atom. The van der Waals surface area contributed by atoms with Gasteiger partial charge in [-0.1, -0.05) is 30.3 Å². The molecule has 3 aromatic rings. The summed E-state index contributed by atoms with van der Waals surface area (Å²) in [6, 6.07) is 14.4. The van der Waals surface area contributed by atoms with Gasteiger partial charge in [-0.3, -0.25) is 9.59 Å². The fourth-order valence-corrected chi connectivity index (χ4v) is 2.31. The van der Waals surface area contributed by atoms with Crippen LogP contribution in [0.3, 0.4) is 0 Å². The van der Waals surface area contributed by atoms with Crippen molar-refractivity contribution in [1.29, 1.82) is 0 Å². The zero-order valence-corrected chi connectivity index (χ0v) is 12.9. The first-order chi connectivity index (χ1) is 11.0. The first kappa shape index (κ1) is 14.9. The Labute approximate surface area is 133 Å². The minimum absolute atomic E-state index is 0.00438. The number of Topliss-reactive ketones (excluding diaryl/α,β-unsaturated/α-hetero) is 2. The molecule has 1 heterocycles. The van der Waals surface area contributed by atoms with Gasteiger partial charge in [0, 0.05) is 22.3 Å². The van der Waals surface area contributed by atoms with E-state index in [1.54, 1.807) is 36.6 Å². The number of oxazole rings is 1. The number of rotatable bonds is 4. The van der Waals surface area contributed by atoms with Crippen LogP contribution in [0.2, 0.25) is 0 Å². The highest BCUT2D eigenvalue weighted by Crippen LogP contribution is 2.26. The lowest BCUT2D eigenvalue weighted by molar-refractivity contribution is 0.100. The monoisotopic (exact) mass is 305 g/mol. The zero-order chi connectivity index (χ0) is 16.4. The third-order valence-electron chi connectivity index (χ3n) is 3.59. The number of aromatic nitrogens is 1. The largest absolute Gasteiger partial charge is 0.444 e. The molecule has 0 radical (unpaired) electrons. The molecule has 0 N–H and O–H groups in total. The van der Waals surface area contributed by atoms with Crippen molar-refractivity contribution in [2.24, 2.45) is 0 Å². The van der Waals surface area contributed by atoms with Gasteiger partial charge in [0.15, 0.2) is 11.6 Å². The summed E-state index contributed by atoms with van der Waals surface area (Å²) in [7, 11) is 0. The molecule has 0 unspecified atom stereocenters. The van der Waals surface area contributed by atoms with E-state index < -0.39 is 0 Å². The zero-order valence-electron chi connectivity index (χ0n) is 12.9. The first-order valence-electron chi connectivity index (χ1n) is 7.23. The first-order valence-corrected chi connectivity index (χ1v) is 7.23. The SMILES string of the molecule is CC(=O)c1cccc(-c2coc(-c3cccc(C(C)=O)c3)n2)c1. The van der Waals surface area contributed by atoms with Gasteiger partial charge in [0.25, 0.3) is 0 Å². The maximum Gasteiger partial charge on any atom is 0.226 e. The molecule has 4 nitrogen and oxygen atoms in total. The number of hydrogen-bond donors (Lipinski definition) is 0. The Morgan fingerprint density at radius 1 is 0.870 bits per heavy atom. The second kappa shape index (κ2) is 6.01. The Bertz CT molecular complexity index is 821. The molecule has 23 heavy (non-hydrogen) atoms. The lowest BCUT2D eigenvalue weighted by Crippen LogP contribution is -1.92. The highest BCUT2D eigenvalue weighted by Gasteiger charge is 2.11. The molecule has 0 aliphatic carbocycles. The molecule has 3 rings (SSSR count). The van der Waals surface area contributed by atoms with Crippen LogP contribution >= 0.6 is 0 Å². The van der Waals surface area contributed by atoms with E-state index in [2.05, 4.69) is 4.98 Å². The van der Waals surface area contributed by atoms with E-state index in [9.17, 15) is 9.59 Å². The van der Waals surface area contributed by atoms with Gasteiger partial charge in [-0.25, -0.2) is 4.98 Å². The van der Waals surface area contributed by atoms with E-state index in [4.69, 9.17) is 4.42 Å². The van der Waals surface area contributed by atoms with Crippen LogP contribution in [0.4, 0.5) is 0 Å². The van der Waals surface area contributed by atoms with Crippen LogP contribution in [0.15, 0.2) is 59.2 Å². The lowest BCUT2D eigenvalue weighted by Gasteiger charge is -2.00. The molecule has 0 bridgehead atoms. The van der Waals surface area contributed by atoms with Gasteiger partial charge in [0.05, 0.1) is 0 Å². The van der Waals surface area contributed by atoms with Crippen LogP contribution in [0.1, 0.15) is 34.6 Å². The number of hydrogen-bond acceptors (Lipinski definition) is 4. The summed E-state index contributed by atoms with van der Waals surface area (Å²) in [5.74, 6) is 0.439. The molecule has 4 heteroatoms. The van der Waals surface area contributed by atoms with Crippen LogP contribution < -0.4 is 0 Å². The van der Waals surface area contributed by atoms with Crippen LogP contribution in [-0.4, -0.2) is 16.6 Å². The summed E-state index contributed by atoms with van der Waals surface area (Å²) in [5.41, 5.74) is 3.45. The number of benzene rings is 2. The molecular weight excluding hydrogens is 290 g/mol. The van der Waals surface area contributed by atoms with Gasteiger partial charge in [-0.05, 0) is 32.0 Å². The molecule has 0 saturated heterocycles. The van der Waals surface area contributed by atoms with Crippen molar-refractivity contribution in [2.45, 2.75) is 13.8 Å². The van der Waals surface area contributed by atoms with Crippen LogP contribution in [-0.2, 0) is 0 Å².